The van der Waals surface area contributed by atoms with Gasteiger partial charge in [0.2, 0.25) is 6.29 Å². The number of ether oxygens (including phenoxy) is 2. The Morgan fingerprint density at radius 3 is 3.00 bits per heavy atom. The summed E-state index contributed by atoms with van der Waals surface area (Å²) in [4.78, 5) is 0. The standard InChI is InChI=1S/C8H12O2/c1-2-6-9-8-5-3-4-7-10-8/h3-5,7-8H,2,6H2,1H3. The van der Waals surface area contributed by atoms with Crippen LogP contribution in [0.3, 0.4) is 0 Å². The molecular weight excluding hydrogens is 128 g/mol. The van der Waals surface area contributed by atoms with Crippen molar-refractivity contribution in [3.8, 4) is 0 Å². The molecule has 10 heavy (non-hydrogen) atoms. The van der Waals surface area contributed by atoms with Crippen molar-refractivity contribution in [3.05, 3.63) is 24.5 Å². The molecule has 0 radical (unpaired) electrons. The van der Waals surface area contributed by atoms with Gasteiger partial charge in [-0.25, -0.2) is 0 Å². The molecule has 1 rings (SSSR count). The van der Waals surface area contributed by atoms with Gasteiger partial charge in [-0.05, 0) is 18.6 Å². The van der Waals surface area contributed by atoms with Gasteiger partial charge in [-0.1, -0.05) is 13.0 Å². The Hall–Kier alpha value is -0.760. The lowest BCUT2D eigenvalue weighted by Crippen LogP contribution is -2.13. The summed E-state index contributed by atoms with van der Waals surface area (Å²) in [6.07, 6.45) is 8.15. The van der Waals surface area contributed by atoms with Crippen LogP contribution in [0.2, 0.25) is 0 Å². The highest BCUT2D eigenvalue weighted by Crippen LogP contribution is 2.03. The van der Waals surface area contributed by atoms with E-state index in [0.29, 0.717) is 0 Å². The van der Waals surface area contributed by atoms with E-state index in [-0.39, 0.29) is 6.29 Å². The third kappa shape index (κ3) is 2.23. The van der Waals surface area contributed by atoms with E-state index in [1.54, 1.807) is 6.26 Å². The fraction of sp³-hybridized carbons (Fsp3) is 0.500. The topological polar surface area (TPSA) is 18.5 Å². The molecule has 0 aromatic rings. The number of rotatable bonds is 3. The molecule has 0 saturated heterocycles. The molecule has 0 aromatic heterocycles. The van der Waals surface area contributed by atoms with Gasteiger partial charge >= 0.3 is 0 Å². The molecule has 0 aromatic carbocycles. The predicted molar refractivity (Wildman–Crippen MR) is 39.4 cm³/mol. The maximum atomic E-state index is 5.27. The van der Waals surface area contributed by atoms with Crippen LogP contribution in [0.4, 0.5) is 0 Å². The zero-order valence-corrected chi connectivity index (χ0v) is 6.12. The van der Waals surface area contributed by atoms with Gasteiger partial charge in [0, 0.05) is 0 Å². The summed E-state index contributed by atoms with van der Waals surface area (Å²) in [5.41, 5.74) is 0. The van der Waals surface area contributed by atoms with Crippen molar-refractivity contribution in [1.29, 1.82) is 0 Å². The molecule has 56 valence electrons. The third-order valence-electron chi connectivity index (χ3n) is 1.16. The first-order valence-corrected chi connectivity index (χ1v) is 3.54. The molecule has 0 aliphatic carbocycles. The second kappa shape index (κ2) is 4.12. The van der Waals surface area contributed by atoms with E-state index in [0.717, 1.165) is 13.0 Å². The minimum atomic E-state index is -0.162. The molecule has 2 nitrogen and oxygen atoms in total. The SMILES string of the molecule is CCCOC1C=CC=CO1. The molecule has 1 unspecified atom stereocenters. The highest BCUT2D eigenvalue weighted by Gasteiger charge is 2.03. The van der Waals surface area contributed by atoms with Crippen molar-refractivity contribution >= 4 is 0 Å². The Kier molecular flexibility index (Phi) is 3.03. The Bertz CT molecular complexity index is 138. The van der Waals surface area contributed by atoms with Gasteiger partial charge in [-0.3, -0.25) is 0 Å². The van der Waals surface area contributed by atoms with Gasteiger partial charge in [0.25, 0.3) is 0 Å². The maximum absolute atomic E-state index is 5.27. The van der Waals surface area contributed by atoms with Crippen LogP contribution in [-0.2, 0) is 9.47 Å². The molecule has 0 amide bonds. The van der Waals surface area contributed by atoms with Crippen LogP contribution in [0.1, 0.15) is 13.3 Å². The molecule has 2 heteroatoms. The van der Waals surface area contributed by atoms with Crippen LogP contribution in [0.5, 0.6) is 0 Å². The van der Waals surface area contributed by atoms with Gasteiger partial charge in [-0.15, -0.1) is 0 Å². The molecule has 0 bridgehead atoms. The van der Waals surface area contributed by atoms with Crippen molar-refractivity contribution in [2.24, 2.45) is 0 Å². The molecule has 0 N–H and O–H groups in total. The summed E-state index contributed by atoms with van der Waals surface area (Å²) in [7, 11) is 0. The first kappa shape index (κ1) is 7.35. The van der Waals surface area contributed by atoms with Gasteiger partial charge in [-0.2, -0.15) is 0 Å². The van der Waals surface area contributed by atoms with E-state index in [4.69, 9.17) is 9.47 Å². The summed E-state index contributed by atoms with van der Waals surface area (Å²) < 4.78 is 10.4. The van der Waals surface area contributed by atoms with E-state index < -0.39 is 0 Å². The van der Waals surface area contributed by atoms with E-state index >= 15 is 0 Å². The number of hydrogen-bond donors (Lipinski definition) is 0. The Morgan fingerprint density at radius 2 is 2.40 bits per heavy atom. The zero-order valence-electron chi connectivity index (χ0n) is 6.12. The molecule has 1 atom stereocenters. The molecule has 1 heterocycles. The largest absolute Gasteiger partial charge is 0.469 e. The fourth-order valence-corrected chi connectivity index (χ4v) is 0.697. The molecule has 1 aliphatic rings. The third-order valence-corrected chi connectivity index (χ3v) is 1.16. The molecule has 1 aliphatic heterocycles. The highest BCUT2D eigenvalue weighted by atomic mass is 16.7. The van der Waals surface area contributed by atoms with Crippen LogP contribution < -0.4 is 0 Å². The van der Waals surface area contributed by atoms with Gasteiger partial charge < -0.3 is 9.47 Å². The molecule has 0 spiro atoms. The van der Waals surface area contributed by atoms with Gasteiger partial charge in [0.05, 0.1) is 12.9 Å². The van der Waals surface area contributed by atoms with Crippen molar-refractivity contribution in [2.75, 3.05) is 6.61 Å². The predicted octanol–water partition coefficient (Wildman–Crippen LogP) is 1.84. The lowest BCUT2D eigenvalue weighted by molar-refractivity contribution is -0.0737. The van der Waals surface area contributed by atoms with E-state index in [1.165, 1.54) is 0 Å². The Balaban J connectivity index is 2.17. The lowest BCUT2D eigenvalue weighted by atomic mass is 10.4. The second-order valence-corrected chi connectivity index (χ2v) is 2.09. The normalized spacial score (nSPS) is 22.7. The monoisotopic (exact) mass is 140 g/mol. The Morgan fingerprint density at radius 1 is 1.50 bits per heavy atom. The van der Waals surface area contributed by atoms with Crippen molar-refractivity contribution in [1.82, 2.24) is 0 Å². The minimum absolute atomic E-state index is 0.162. The zero-order chi connectivity index (χ0) is 7.23. The number of allylic oxidation sites excluding steroid dienone is 2. The average molecular weight is 140 g/mol. The van der Waals surface area contributed by atoms with E-state index in [2.05, 4.69) is 6.92 Å². The summed E-state index contributed by atoms with van der Waals surface area (Å²) in [6, 6.07) is 0. The lowest BCUT2D eigenvalue weighted by Gasteiger charge is -2.14. The quantitative estimate of drug-likeness (QED) is 0.595. The van der Waals surface area contributed by atoms with Crippen LogP contribution in [0.15, 0.2) is 24.5 Å². The van der Waals surface area contributed by atoms with Crippen LogP contribution in [-0.4, -0.2) is 12.9 Å². The first-order valence-electron chi connectivity index (χ1n) is 3.54. The summed E-state index contributed by atoms with van der Waals surface area (Å²) >= 11 is 0. The van der Waals surface area contributed by atoms with E-state index in [1.807, 2.05) is 18.2 Å². The molecule has 0 saturated carbocycles. The van der Waals surface area contributed by atoms with Crippen LogP contribution in [0, 0.1) is 0 Å². The smallest absolute Gasteiger partial charge is 0.219 e. The summed E-state index contributed by atoms with van der Waals surface area (Å²) in [5, 5.41) is 0. The Labute approximate surface area is 61.1 Å². The maximum Gasteiger partial charge on any atom is 0.219 e. The van der Waals surface area contributed by atoms with E-state index in [9.17, 15) is 0 Å². The van der Waals surface area contributed by atoms with Crippen molar-refractivity contribution in [3.63, 3.8) is 0 Å². The van der Waals surface area contributed by atoms with Crippen LogP contribution in [0.25, 0.3) is 0 Å². The highest BCUT2D eigenvalue weighted by molar-refractivity contribution is 5.05. The first-order chi connectivity index (χ1) is 4.93. The summed E-state index contributed by atoms with van der Waals surface area (Å²) in [5.74, 6) is 0. The summed E-state index contributed by atoms with van der Waals surface area (Å²) in [6.45, 7) is 2.82. The fourth-order valence-electron chi connectivity index (χ4n) is 0.697. The minimum Gasteiger partial charge on any atom is -0.469 e. The van der Waals surface area contributed by atoms with Crippen molar-refractivity contribution < 1.29 is 9.47 Å². The number of hydrogen-bond acceptors (Lipinski definition) is 2. The average Bonchev–Trinajstić information content (AvgIpc) is 2.03. The second-order valence-electron chi connectivity index (χ2n) is 2.09. The van der Waals surface area contributed by atoms with Crippen molar-refractivity contribution in [2.45, 2.75) is 19.6 Å². The van der Waals surface area contributed by atoms with Crippen LogP contribution >= 0.6 is 0 Å². The van der Waals surface area contributed by atoms with Gasteiger partial charge in [0.1, 0.15) is 0 Å². The molecule has 0 fully saturated rings. The molecular formula is C8H12O2. The van der Waals surface area contributed by atoms with Gasteiger partial charge in [0.15, 0.2) is 0 Å².